The fourth-order valence-electron chi connectivity index (χ4n) is 2.22. The second-order valence-electron chi connectivity index (χ2n) is 6.04. The number of halogens is 1. The van der Waals surface area contributed by atoms with Crippen molar-refractivity contribution in [1.29, 1.82) is 0 Å². The zero-order chi connectivity index (χ0) is 18.4. The molecule has 0 saturated carbocycles. The second-order valence-corrected chi connectivity index (χ2v) is 7.34. The summed E-state index contributed by atoms with van der Waals surface area (Å²) >= 11 is 7.23. The van der Waals surface area contributed by atoms with E-state index < -0.39 is 0 Å². The summed E-state index contributed by atoms with van der Waals surface area (Å²) in [5.41, 5.74) is 1.66. The largest absolute Gasteiger partial charge is 0.349 e. The van der Waals surface area contributed by atoms with E-state index in [0.717, 1.165) is 12.0 Å². The van der Waals surface area contributed by atoms with E-state index in [4.69, 9.17) is 11.6 Å². The summed E-state index contributed by atoms with van der Waals surface area (Å²) in [6.45, 7) is 5.65. The number of aromatic nitrogens is 1. The van der Waals surface area contributed by atoms with Crippen molar-refractivity contribution in [2.45, 2.75) is 39.7 Å². The summed E-state index contributed by atoms with van der Waals surface area (Å²) in [6, 6.07) is 7.40. The number of carbonyl (C=O) groups is 2. The van der Waals surface area contributed by atoms with Gasteiger partial charge in [0.2, 0.25) is 11.8 Å². The highest BCUT2D eigenvalue weighted by molar-refractivity contribution is 7.13. The number of carbonyl (C=O) groups excluding carboxylic acids is 2. The molecule has 0 spiro atoms. The number of amides is 2. The molecule has 0 bridgehead atoms. The SMILES string of the molecule is CC[C@@H](NC(=O)Cc1csc(NC(=O)C(C)C)n1)c1ccc(Cl)cc1. The molecule has 1 heterocycles. The first-order valence-electron chi connectivity index (χ1n) is 8.19. The zero-order valence-electron chi connectivity index (χ0n) is 14.5. The summed E-state index contributed by atoms with van der Waals surface area (Å²) in [7, 11) is 0. The molecule has 0 saturated heterocycles. The fourth-order valence-corrected chi connectivity index (χ4v) is 3.06. The summed E-state index contributed by atoms with van der Waals surface area (Å²) in [5, 5.41) is 8.74. The zero-order valence-corrected chi connectivity index (χ0v) is 16.1. The third-order valence-electron chi connectivity index (χ3n) is 3.66. The van der Waals surface area contributed by atoms with Gasteiger partial charge in [0.15, 0.2) is 5.13 Å². The van der Waals surface area contributed by atoms with E-state index in [2.05, 4.69) is 15.6 Å². The van der Waals surface area contributed by atoms with Gasteiger partial charge < -0.3 is 10.6 Å². The van der Waals surface area contributed by atoms with Gasteiger partial charge in [-0.2, -0.15) is 0 Å². The van der Waals surface area contributed by atoms with Crippen LogP contribution in [0.4, 0.5) is 5.13 Å². The lowest BCUT2D eigenvalue weighted by atomic mass is 10.0. The molecule has 25 heavy (non-hydrogen) atoms. The minimum atomic E-state index is -0.111. The molecule has 1 atom stereocenters. The van der Waals surface area contributed by atoms with Gasteiger partial charge in [-0.15, -0.1) is 11.3 Å². The van der Waals surface area contributed by atoms with Gasteiger partial charge in [0, 0.05) is 16.3 Å². The number of benzene rings is 1. The van der Waals surface area contributed by atoms with E-state index in [-0.39, 0.29) is 30.2 Å². The van der Waals surface area contributed by atoms with Crippen LogP contribution in [0.1, 0.15) is 44.5 Å². The van der Waals surface area contributed by atoms with Crippen LogP contribution in [-0.4, -0.2) is 16.8 Å². The lowest BCUT2D eigenvalue weighted by molar-refractivity contribution is -0.121. The Balaban J connectivity index is 1.94. The Morgan fingerprint density at radius 3 is 2.52 bits per heavy atom. The first kappa shape index (κ1) is 19.4. The van der Waals surface area contributed by atoms with E-state index in [0.29, 0.717) is 15.8 Å². The molecule has 2 amide bonds. The van der Waals surface area contributed by atoms with Crippen LogP contribution < -0.4 is 10.6 Å². The molecule has 2 N–H and O–H groups in total. The van der Waals surface area contributed by atoms with Crippen molar-refractivity contribution in [2.75, 3.05) is 5.32 Å². The minimum absolute atomic E-state index is 0.0662. The number of hydrogen-bond acceptors (Lipinski definition) is 4. The molecule has 1 aromatic carbocycles. The molecule has 0 aliphatic carbocycles. The van der Waals surface area contributed by atoms with Crippen molar-refractivity contribution < 1.29 is 9.59 Å². The van der Waals surface area contributed by atoms with E-state index in [1.165, 1.54) is 11.3 Å². The van der Waals surface area contributed by atoms with Crippen LogP contribution in [0.5, 0.6) is 0 Å². The smallest absolute Gasteiger partial charge is 0.228 e. The Morgan fingerprint density at radius 1 is 1.24 bits per heavy atom. The number of nitrogens with one attached hydrogen (secondary N) is 2. The molecule has 7 heteroatoms. The third-order valence-corrected chi connectivity index (χ3v) is 4.72. The molecular formula is C18H22ClN3O2S. The average Bonchev–Trinajstić information content (AvgIpc) is 3.00. The molecular weight excluding hydrogens is 358 g/mol. The van der Waals surface area contributed by atoms with Crippen molar-refractivity contribution in [2.24, 2.45) is 5.92 Å². The van der Waals surface area contributed by atoms with E-state index in [1.807, 2.05) is 45.0 Å². The van der Waals surface area contributed by atoms with Crippen molar-refractivity contribution in [3.63, 3.8) is 0 Å². The first-order chi connectivity index (χ1) is 11.9. The van der Waals surface area contributed by atoms with Crippen LogP contribution in [0.3, 0.4) is 0 Å². The highest BCUT2D eigenvalue weighted by Crippen LogP contribution is 2.20. The molecule has 0 aliphatic rings. The van der Waals surface area contributed by atoms with E-state index in [1.54, 1.807) is 5.38 Å². The summed E-state index contributed by atoms with van der Waals surface area (Å²) < 4.78 is 0. The molecule has 2 aromatic rings. The number of rotatable bonds is 7. The van der Waals surface area contributed by atoms with Crippen LogP contribution in [0.15, 0.2) is 29.6 Å². The Labute approximate surface area is 156 Å². The minimum Gasteiger partial charge on any atom is -0.349 e. The predicted octanol–water partition coefficient (Wildman–Crippen LogP) is 4.20. The van der Waals surface area contributed by atoms with Gasteiger partial charge in [-0.25, -0.2) is 4.98 Å². The van der Waals surface area contributed by atoms with Gasteiger partial charge in [-0.3, -0.25) is 9.59 Å². The van der Waals surface area contributed by atoms with Gasteiger partial charge in [0.05, 0.1) is 18.2 Å². The molecule has 134 valence electrons. The molecule has 1 aromatic heterocycles. The Bertz CT molecular complexity index is 728. The van der Waals surface area contributed by atoms with E-state index in [9.17, 15) is 9.59 Å². The second kappa shape index (κ2) is 8.97. The van der Waals surface area contributed by atoms with Gasteiger partial charge >= 0.3 is 0 Å². The maximum atomic E-state index is 12.3. The van der Waals surface area contributed by atoms with Gasteiger partial charge in [0.25, 0.3) is 0 Å². The van der Waals surface area contributed by atoms with E-state index >= 15 is 0 Å². The summed E-state index contributed by atoms with van der Waals surface area (Å²) in [4.78, 5) is 28.3. The first-order valence-corrected chi connectivity index (χ1v) is 9.45. The fraction of sp³-hybridized carbons (Fsp3) is 0.389. The van der Waals surface area contributed by atoms with Gasteiger partial charge in [0.1, 0.15) is 0 Å². The topological polar surface area (TPSA) is 71.1 Å². The van der Waals surface area contributed by atoms with Crippen LogP contribution in [0.2, 0.25) is 5.02 Å². The van der Waals surface area contributed by atoms with Gasteiger partial charge in [-0.1, -0.05) is 44.5 Å². The lowest BCUT2D eigenvalue weighted by Crippen LogP contribution is -2.29. The Morgan fingerprint density at radius 2 is 1.92 bits per heavy atom. The van der Waals surface area contributed by atoms with Crippen LogP contribution in [0.25, 0.3) is 0 Å². The maximum Gasteiger partial charge on any atom is 0.228 e. The molecule has 5 nitrogen and oxygen atoms in total. The quantitative estimate of drug-likeness (QED) is 0.757. The van der Waals surface area contributed by atoms with Gasteiger partial charge in [-0.05, 0) is 24.1 Å². The predicted molar refractivity (Wildman–Crippen MR) is 102 cm³/mol. The molecule has 0 fully saturated rings. The monoisotopic (exact) mass is 379 g/mol. The van der Waals surface area contributed by atoms with Crippen molar-refractivity contribution in [1.82, 2.24) is 10.3 Å². The highest BCUT2D eigenvalue weighted by Gasteiger charge is 2.15. The van der Waals surface area contributed by atoms with Crippen LogP contribution in [0, 0.1) is 5.92 Å². The third kappa shape index (κ3) is 5.83. The molecule has 2 rings (SSSR count). The van der Waals surface area contributed by atoms with Crippen molar-refractivity contribution >= 4 is 39.9 Å². The molecule has 0 aliphatic heterocycles. The Hall–Kier alpha value is -1.92. The molecule has 0 unspecified atom stereocenters. The van der Waals surface area contributed by atoms with Crippen molar-refractivity contribution in [3.8, 4) is 0 Å². The maximum absolute atomic E-state index is 12.3. The lowest BCUT2D eigenvalue weighted by Gasteiger charge is -2.17. The van der Waals surface area contributed by atoms with Crippen LogP contribution in [-0.2, 0) is 16.0 Å². The summed E-state index contributed by atoms with van der Waals surface area (Å²) in [5.74, 6) is -0.298. The molecule has 0 radical (unpaired) electrons. The summed E-state index contributed by atoms with van der Waals surface area (Å²) in [6.07, 6.45) is 0.957. The number of hydrogen-bond donors (Lipinski definition) is 2. The standard InChI is InChI=1S/C18H22ClN3O2S/c1-4-15(12-5-7-13(19)8-6-12)21-16(23)9-14-10-25-18(20-14)22-17(24)11(2)3/h5-8,10-11,15H,4,9H2,1-3H3,(H,21,23)(H,20,22,24)/t15-/m1/s1. The highest BCUT2D eigenvalue weighted by atomic mass is 35.5. The number of nitrogens with zero attached hydrogens (tertiary/aromatic N) is 1. The van der Waals surface area contributed by atoms with Crippen LogP contribution >= 0.6 is 22.9 Å². The number of anilines is 1. The Kier molecular flexibility index (Phi) is 6.96. The average molecular weight is 380 g/mol. The normalized spacial score (nSPS) is 12.0. The number of thiazole rings is 1. The van der Waals surface area contributed by atoms with Crippen molar-refractivity contribution in [3.05, 3.63) is 45.9 Å².